The summed E-state index contributed by atoms with van der Waals surface area (Å²) < 4.78 is 5.32. The maximum absolute atomic E-state index is 13.0. The lowest BCUT2D eigenvalue weighted by Gasteiger charge is -2.27. The first-order valence-electron chi connectivity index (χ1n) is 8.35. The number of carbonyl (C=O) groups excluding carboxylic acids is 2. The van der Waals surface area contributed by atoms with Crippen LogP contribution in [-0.2, 0) is 16.1 Å². The van der Waals surface area contributed by atoms with E-state index in [1.54, 1.807) is 22.5 Å². The van der Waals surface area contributed by atoms with Crippen LogP contribution in [0.2, 0.25) is 0 Å². The number of likely N-dealkylation sites (tertiary alicyclic amines) is 2. The second kappa shape index (κ2) is 6.43. The average molecular weight is 344 g/mol. The third-order valence-electron chi connectivity index (χ3n) is 4.95. The van der Waals surface area contributed by atoms with Gasteiger partial charge in [-0.2, -0.15) is 11.3 Å². The predicted molar refractivity (Wildman–Crippen MR) is 90.2 cm³/mol. The monoisotopic (exact) mass is 344 g/mol. The molecule has 2 atom stereocenters. The van der Waals surface area contributed by atoms with E-state index in [2.05, 4.69) is 16.8 Å². The lowest BCUT2D eigenvalue weighted by atomic mass is 10.0. The van der Waals surface area contributed by atoms with Crippen LogP contribution in [0.4, 0.5) is 0 Å². The highest BCUT2D eigenvalue weighted by Gasteiger charge is 2.40. The van der Waals surface area contributed by atoms with Gasteiger partial charge in [-0.05, 0) is 47.4 Å². The Kier molecular flexibility index (Phi) is 4.14. The smallest absolute Gasteiger partial charge is 0.228 e. The number of rotatable bonds is 4. The molecule has 0 bridgehead atoms. The maximum Gasteiger partial charge on any atom is 0.228 e. The minimum absolute atomic E-state index is 0.0380. The largest absolute Gasteiger partial charge is 0.467 e. The van der Waals surface area contributed by atoms with Gasteiger partial charge in [0.2, 0.25) is 11.8 Å². The average Bonchev–Trinajstić information content (AvgIpc) is 3.36. The molecule has 2 aromatic rings. The molecule has 5 nitrogen and oxygen atoms in total. The van der Waals surface area contributed by atoms with Gasteiger partial charge in [-0.15, -0.1) is 0 Å². The Bertz CT molecular complexity index is 711. The van der Waals surface area contributed by atoms with Crippen LogP contribution in [0.3, 0.4) is 0 Å². The Hall–Kier alpha value is -2.08. The Balaban J connectivity index is 1.44. The van der Waals surface area contributed by atoms with Crippen molar-refractivity contribution in [3.05, 3.63) is 46.5 Å². The van der Waals surface area contributed by atoms with Crippen LogP contribution in [0.5, 0.6) is 0 Å². The van der Waals surface area contributed by atoms with Crippen LogP contribution in [-0.4, -0.2) is 34.7 Å². The standard InChI is InChI=1S/C18H20N2O3S/c21-17-9-14(10-19(17)11-15-3-2-7-23-15)18(22)20-6-1-4-16(20)13-5-8-24-12-13/h2-3,5,7-8,12,14,16H,1,4,6,9-11H2/t14-,16-/m1/s1. The van der Waals surface area contributed by atoms with Gasteiger partial charge < -0.3 is 14.2 Å². The molecule has 4 heterocycles. The van der Waals surface area contributed by atoms with Gasteiger partial charge in [0.15, 0.2) is 0 Å². The maximum atomic E-state index is 13.0. The highest BCUT2D eigenvalue weighted by molar-refractivity contribution is 7.08. The molecule has 24 heavy (non-hydrogen) atoms. The molecule has 2 saturated heterocycles. The molecule has 6 heteroatoms. The van der Waals surface area contributed by atoms with Crippen LogP contribution < -0.4 is 0 Å². The third-order valence-corrected chi connectivity index (χ3v) is 5.66. The van der Waals surface area contributed by atoms with Crippen molar-refractivity contribution in [3.63, 3.8) is 0 Å². The van der Waals surface area contributed by atoms with Crippen molar-refractivity contribution < 1.29 is 14.0 Å². The number of thiophene rings is 1. The molecule has 0 unspecified atom stereocenters. The summed E-state index contributed by atoms with van der Waals surface area (Å²) >= 11 is 1.66. The highest BCUT2D eigenvalue weighted by atomic mass is 32.1. The van der Waals surface area contributed by atoms with Crippen LogP contribution >= 0.6 is 11.3 Å². The van der Waals surface area contributed by atoms with Crippen LogP contribution in [0.15, 0.2) is 39.6 Å². The van der Waals surface area contributed by atoms with Crippen molar-refractivity contribution in [3.8, 4) is 0 Å². The van der Waals surface area contributed by atoms with E-state index in [-0.39, 0.29) is 23.8 Å². The van der Waals surface area contributed by atoms with Gasteiger partial charge in [-0.25, -0.2) is 0 Å². The zero-order valence-corrected chi connectivity index (χ0v) is 14.2. The van der Waals surface area contributed by atoms with Gasteiger partial charge >= 0.3 is 0 Å². The number of furan rings is 1. The minimum atomic E-state index is -0.230. The summed E-state index contributed by atoms with van der Waals surface area (Å²) in [6.07, 6.45) is 3.96. The van der Waals surface area contributed by atoms with Gasteiger partial charge in [0.05, 0.1) is 24.8 Å². The Labute approximate surface area is 144 Å². The van der Waals surface area contributed by atoms with E-state index in [0.29, 0.717) is 19.5 Å². The normalized spacial score (nSPS) is 24.1. The van der Waals surface area contributed by atoms with Crippen LogP contribution in [0.1, 0.15) is 36.6 Å². The lowest BCUT2D eigenvalue weighted by molar-refractivity contribution is -0.136. The fourth-order valence-electron chi connectivity index (χ4n) is 3.76. The third kappa shape index (κ3) is 2.86. The second-order valence-electron chi connectivity index (χ2n) is 6.50. The molecule has 2 fully saturated rings. The predicted octanol–water partition coefficient (Wildman–Crippen LogP) is 3.05. The molecule has 0 spiro atoms. The summed E-state index contributed by atoms with van der Waals surface area (Å²) in [7, 11) is 0. The topological polar surface area (TPSA) is 53.8 Å². The van der Waals surface area contributed by atoms with Crippen molar-refractivity contribution in [2.45, 2.75) is 31.8 Å². The Morgan fingerprint density at radius 3 is 3.04 bits per heavy atom. The molecule has 2 aromatic heterocycles. The summed E-state index contributed by atoms with van der Waals surface area (Å²) in [5.74, 6) is 0.690. The van der Waals surface area contributed by atoms with E-state index in [1.165, 1.54) is 5.56 Å². The van der Waals surface area contributed by atoms with E-state index in [4.69, 9.17) is 4.42 Å². The fourth-order valence-corrected chi connectivity index (χ4v) is 4.46. The summed E-state index contributed by atoms with van der Waals surface area (Å²) in [5, 5.41) is 4.18. The van der Waals surface area contributed by atoms with E-state index in [1.807, 2.05) is 17.0 Å². The summed E-state index contributed by atoms with van der Waals surface area (Å²) in [6.45, 7) is 1.73. The van der Waals surface area contributed by atoms with Gasteiger partial charge in [0.25, 0.3) is 0 Å². The van der Waals surface area contributed by atoms with Gasteiger partial charge in [0, 0.05) is 19.5 Å². The van der Waals surface area contributed by atoms with Gasteiger partial charge in [0.1, 0.15) is 5.76 Å². The number of amides is 2. The minimum Gasteiger partial charge on any atom is -0.467 e. The Morgan fingerprint density at radius 2 is 2.29 bits per heavy atom. The molecule has 2 aliphatic rings. The molecule has 0 radical (unpaired) electrons. The summed E-state index contributed by atoms with van der Waals surface area (Å²) in [5.41, 5.74) is 1.22. The number of hydrogen-bond acceptors (Lipinski definition) is 4. The van der Waals surface area contributed by atoms with E-state index < -0.39 is 0 Å². The van der Waals surface area contributed by atoms with Crippen LogP contribution in [0.25, 0.3) is 0 Å². The molecule has 0 N–H and O–H groups in total. The van der Waals surface area contributed by atoms with Crippen molar-refractivity contribution in [1.29, 1.82) is 0 Å². The van der Waals surface area contributed by atoms with Crippen molar-refractivity contribution in [2.24, 2.45) is 5.92 Å². The first kappa shape index (κ1) is 15.4. The van der Waals surface area contributed by atoms with Crippen molar-refractivity contribution in [2.75, 3.05) is 13.1 Å². The quantitative estimate of drug-likeness (QED) is 0.856. The molecule has 2 aliphatic heterocycles. The van der Waals surface area contributed by atoms with Gasteiger partial charge in [-0.1, -0.05) is 0 Å². The molecular formula is C18H20N2O3S. The molecule has 0 aromatic carbocycles. The Morgan fingerprint density at radius 1 is 1.38 bits per heavy atom. The van der Waals surface area contributed by atoms with E-state index >= 15 is 0 Å². The van der Waals surface area contributed by atoms with Gasteiger partial charge in [-0.3, -0.25) is 9.59 Å². The van der Waals surface area contributed by atoms with Crippen molar-refractivity contribution in [1.82, 2.24) is 9.80 Å². The SMILES string of the molecule is O=C1C[C@@H](C(=O)N2CCC[C@@H]2c2ccsc2)CN1Cc1ccco1. The first-order chi connectivity index (χ1) is 11.7. The zero-order valence-electron chi connectivity index (χ0n) is 13.4. The van der Waals surface area contributed by atoms with E-state index in [0.717, 1.165) is 25.1 Å². The number of hydrogen-bond donors (Lipinski definition) is 0. The fraction of sp³-hybridized carbons (Fsp3) is 0.444. The molecular weight excluding hydrogens is 324 g/mol. The molecule has 2 amide bonds. The molecule has 4 rings (SSSR count). The molecule has 126 valence electrons. The van der Waals surface area contributed by atoms with Crippen LogP contribution in [0, 0.1) is 5.92 Å². The van der Waals surface area contributed by atoms with Crippen molar-refractivity contribution >= 4 is 23.2 Å². The second-order valence-corrected chi connectivity index (χ2v) is 7.28. The molecule has 0 saturated carbocycles. The zero-order chi connectivity index (χ0) is 16.5. The number of carbonyl (C=O) groups is 2. The highest BCUT2D eigenvalue weighted by Crippen LogP contribution is 2.35. The summed E-state index contributed by atoms with van der Waals surface area (Å²) in [6, 6.07) is 5.95. The number of nitrogens with zero attached hydrogens (tertiary/aromatic N) is 2. The molecule has 0 aliphatic carbocycles. The first-order valence-corrected chi connectivity index (χ1v) is 9.29. The van der Waals surface area contributed by atoms with E-state index in [9.17, 15) is 9.59 Å². The summed E-state index contributed by atoms with van der Waals surface area (Å²) in [4.78, 5) is 28.9. The lowest BCUT2D eigenvalue weighted by Crippen LogP contribution is -2.36.